The lowest BCUT2D eigenvalue weighted by Gasteiger charge is -2.32. The van der Waals surface area contributed by atoms with Gasteiger partial charge in [0.1, 0.15) is 5.82 Å². The van der Waals surface area contributed by atoms with E-state index >= 15 is 0 Å². The molecule has 1 N–H and O–H groups in total. The second-order valence-electron chi connectivity index (χ2n) is 6.66. The summed E-state index contributed by atoms with van der Waals surface area (Å²) in [6, 6.07) is 10.9. The van der Waals surface area contributed by atoms with E-state index in [1.54, 1.807) is 47.5 Å². The molecule has 1 aromatic heterocycles. The highest BCUT2D eigenvalue weighted by molar-refractivity contribution is 6.33. The number of rotatable bonds is 4. The zero-order chi connectivity index (χ0) is 18.8. The maximum absolute atomic E-state index is 12.8. The van der Waals surface area contributed by atoms with Crippen molar-refractivity contribution in [1.29, 1.82) is 0 Å². The fourth-order valence-electron chi connectivity index (χ4n) is 2.88. The lowest BCUT2D eigenvalue weighted by atomic mass is 10.2. The van der Waals surface area contributed by atoms with Crippen molar-refractivity contribution in [1.82, 2.24) is 15.2 Å². The minimum absolute atomic E-state index is 0.0961. The number of anilines is 1. The summed E-state index contributed by atoms with van der Waals surface area (Å²) in [5, 5.41) is 3.38. The van der Waals surface area contributed by atoms with E-state index in [0.717, 1.165) is 12.8 Å². The first-order valence-electron chi connectivity index (χ1n) is 8.86. The van der Waals surface area contributed by atoms with Gasteiger partial charge in [-0.25, -0.2) is 4.98 Å². The largest absolute Gasteiger partial charge is 0.349 e. The molecule has 0 unspecified atom stereocenters. The highest BCUT2D eigenvalue weighted by Gasteiger charge is 2.25. The second kappa shape index (κ2) is 7.40. The van der Waals surface area contributed by atoms with Crippen LogP contribution >= 0.6 is 11.6 Å². The third-order valence-corrected chi connectivity index (χ3v) is 4.87. The van der Waals surface area contributed by atoms with E-state index in [9.17, 15) is 9.59 Å². The number of carbonyl (C=O) groups excluding carboxylic acids is 2. The van der Waals surface area contributed by atoms with Crippen LogP contribution in [-0.2, 0) is 0 Å². The van der Waals surface area contributed by atoms with E-state index in [1.165, 1.54) is 0 Å². The Kier molecular flexibility index (Phi) is 4.81. The lowest BCUT2D eigenvalue weighted by molar-refractivity contribution is 0.0771. The van der Waals surface area contributed by atoms with Gasteiger partial charge in [-0.1, -0.05) is 23.7 Å². The first-order chi connectivity index (χ1) is 13.1. The van der Waals surface area contributed by atoms with Gasteiger partial charge in [-0.3, -0.25) is 9.59 Å². The number of halogens is 1. The second-order valence-corrected chi connectivity index (χ2v) is 7.06. The van der Waals surface area contributed by atoms with Gasteiger partial charge in [0.15, 0.2) is 0 Å². The molecule has 0 radical (unpaired) electrons. The van der Waals surface area contributed by atoms with E-state index in [2.05, 4.69) is 10.3 Å². The van der Waals surface area contributed by atoms with Gasteiger partial charge in [0.2, 0.25) is 0 Å². The molecule has 0 bridgehead atoms. The summed E-state index contributed by atoms with van der Waals surface area (Å²) in [7, 11) is 0. The molecule has 27 heavy (non-hydrogen) atoms. The monoisotopic (exact) mass is 382 g/mol. The smallest absolute Gasteiger partial charge is 0.257 e. The van der Waals surface area contributed by atoms with Crippen molar-refractivity contribution in [2.45, 2.75) is 18.9 Å². The molecule has 1 aliphatic heterocycles. The van der Waals surface area contributed by atoms with E-state index in [0.29, 0.717) is 41.2 Å². The van der Waals surface area contributed by atoms with Gasteiger partial charge in [0.05, 0.1) is 22.8 Å². The molecule has 2 amide bonds. The number of carbonyl (C=O) groups is 2. The van der Waals surface area contributed by atoms with Gasteiger partial charge in [-0.2, -0.15) is 0 Å². The maximum atomic E-state index is 12.8. The minimum Gasteiger partial charge on any atom is -0.349 e. The standard InChI is InChI=1S/C20H19ClN4O2/c21-17-5-2-1-4-16(17)20(27)25-11-3-10-24(13-25)18-9-6-14(12-22-18)19(26)23-15-7-8-15/h1-6,9-10,12,15H,7-8,11,13H2,(H,23,26). The molecule has 2 heterocycles. The summed E-state index contributed by atoms with van der Waals surface area (Å²) in [6.45, 7) is 0.865. The average molecular weight is 383 g/mol. The zero-order valence-corrected chi connectivity index (χ0v) is 15.4. The Bertz CT molecular complexity index is 893. The fourth-order valence-corrected chi connectivity index (χ4v) is 3.09. The number of nitrogens with one attached hydrogen (secondary N) is 1. The Morgan fingerprint density at radius 1 is 1.15 bits per heavy atom. The summed E-state index contributed by atoms with van der Waals surface area (Å²) < 4.78 is 0. The molecular weight excluding hydrogens is 364 g/mol. The lowest BCUT2D eigenvalue weighted by Crippen LogP contribution is -2.42. The Balaban J connectivity index is 1.45. The van der Waals surface area contributed by atoms with Crippen LogP contribution in [0.15, 0.2) is 54.9 Å². The van der Waals surface area contributed by atoms with Crippen LogP contribution in [0.25, 0.3) is 0 Å². The van der Waals surface area contributed by atoms with Gasteiger partial charge in [-0.05, 0) is 43.2 Å². The molecular formula is C20H19ClN4O2. The SMILES string of the molecule is O=C(NC1CC1)c1ccc(N2C=CCN(C(=O)c3ccccc3Cl)C2)nc1. The van der Waals surface area contributed by atoms with Crippen molar-refractivity contribution >= 4 is 29.2 Å². The first-order valence-corrected chi connectivity index (χ1v) is 9.23. The highest BCUT2D eigenvalue weighted by Crippen LogP contribution is 2.22. The third-order valence-electron chi connectivity index (χ3n) is 4.54. The number of hydrogen-bond acceptors (Lipinski definition) is 4. The number of hydrogen-bond donors (Lipinski definition) is 1. The molecule has 0 atom stereocenters. The molecule has 1 aliphatic carbocycles. The third kappa shape index (κ3) is 3.95. The average Bonchev–Trinajstić information content (AvgIpc) is 3.52. The molecule has 138 valence electrons. The molecule has 1 aromatic carbocycles. The molecule has 6 nitrogen and oxygen atoms in total. The maximum Gasteiger partial charge on any atom is 0.257 e. The molecule has 2 aromatic rings. The predicted octanol–water partition coefficient (Wildman–Crippen LogP) is 3.06. The van der Waals surface area contributed by atoms with Crippen LogP contribution in [0.3, 0.4) is 0 Å². The van der Waals surface area contributed by atoms with Crippen molar-refractivity contribution in [2.75, 3.05) is 18.1 Å². The van der Waals surface area contributed by atoms with Crippen molar-refractivity contribution in [3.8, 4) is 0 Å². The number of nitrogens with zero attached hydrogens (tertiary/aromatic N) is 3. The van der Waals surface area contributed by atoms with Gasteiger partial charge < -0.3 is 15.1 Å². The molecule has 1 fully saturated rings. The van der Waals surface area contributed by atoms with Gasteiger partial charge >= 0.3 is 0 Å². The van der Waals surface area contributed by atoms with Crippen LogP contribution in [0.2, 0.25) is 5.02 Å². The zero-order valence-electron chi connectivity index (χ0n) is 14.6. The molecule has 0 saturated heterocycles. The number of benzene rings is 1. The number of amides is 2. The van der Waals surface area contributed by atoms with E-state index in [4.69, 9.17) is 11.6 Å². The van der Waals surface area contributed by atoms with Crippen molar-refractivity contribution < 1.29 is 9.59 Å². The Hall–Kier alpha value is -2.86. The first kappa shape index (κ1) is 17.5. The molecule has 4 rings (SSSR count). The van der Waals surface area contributed by atoms with Crippen LogP contribution in [0.1, 0.15) is 33.6 Å². The van der Waals surface area contributed by atoms with E-state index < -0.39 is 0 Å². The normalized spacial score (nSPS) is 16.3. The number of aromatic nitrogens is 1. The summed E-state index contributed by atoms with van der Waals surface area (Å²) in [5.74, 6) is 0.447. The van der Waals surface area contributed by atoms with Crippen LogP contribution in [0.5, 0.6) is 0 Å². The topological polar surface area (TPSA) is 65.5 Å². The minimum atomic E-state index is -0.129. The van der Waals surface area contributed by atoms with Crippen molar-refractivity contribution in [2.24, 2.45) is 0 Å². The fraction of sp³-hybridized carbons (Fsp3) is 0.250. The Labute approximate surface area is 162 Å². The van der Waals surface area contributed by atoms with Crippen LogP contribution in [0, 0.1) is 0 Å². The quantitative estimate of drug-likeness (QED) is 0.882. The number of pyridine rings is 1. The summed E-state index contributed by atoms with van der Waals surface area (Å²) in [4.78, 5) is 32.8. The van der Waals surface area contributed by atoms with Crippen LogP contribution in [0.4, 0.5) is 5.82 Å². The molecule has 7 heteroatoms. The van der Waals surface area contributed by atoms with Crippen molar-refractivity contribution in [3.05, 3.63) is 71.0 Å². The summed E-state index contributed by atoms with van der Waals surface area (Å²) >= 11 is 6.15. The summed E-state index contributed by atoms with van der Waals surface area (Å²) in [6.07, 6.45) is 7.45. The van der Waals surface area contributed by atoms with Gasteiger partial charge in [0.25, 0.3) is 11.8 Å². The van der Waals surface area contributed by atoms with E-state index in [1.807, 2.05) is 17.2 Å². The molecule has 1 saturated carbocycles. The molecule has 2 aliphatic rings. The summed E-state index contributed by atoms with van der Waals surface area (Å²) in [5.41, 5.74) is 1.02. The van der Waals surface area contributed by atoms with Gasteiger partial charge in [-0.15, -0.1) is 0 Å². The van der Waals surface area contributed by atoms with Crippen LogP contribution in [-0.4, -0.2) is 41.0 Å². The Morgan fingerprint density at radius 3 is 2.67 bits per heavy atom. The van der Waals surface area contributed by atoms with Crippen molar-refractivity contribution in [3.63, 3.8) is 0 Å². The Morgan fingerprint density at radius 2 is 1.96 bits per heavy atom. The highest BCUT2D eigenvalue weighted by atomic mass is 35.5. The molecule has 0 spiro atoms. The van der Waals surface area contributed by atoms with Gasteiger partial charge in [0, 0.05) is 25.0 Å². The van der Waals surface area contributed by atoms with Crippen LogP contribution < -0.4 is 10.2 Å². The predicted molar refractivity (Wildman–Crippen MR) is 104 cm³/mol. The van der Waals surface area contributed by atoms with E-state index in [-0.39, 0.29) is 11.8 Å².